The number of nitrogens with one attached hydrogen (secondary N) is 2. The maximum absolute atomic E-state index is 12.6. The molecule has 0 saturated heterocycles. The molecule has 0 aliphatic rings. The number of aromatic nitrogens is 1. The molecular weight excluding hydrogens is 502 g/mol. The zero-order valence-electron chi connectivity index (χ0n) is 15.7. The summed E-state index contributed by atoms with van der Waals surface area (Å²) in [6.45, 7) is 1.91. The number of carbonyl (C=O) groups is 1. The number of rotatable bonds is 3. The predicted octanol–water partition coefficient (Wildman–Crippen LogP) is 6.81. The minimum absolute atomic E-state index is 0.182. The van der Waals surface area contributed by atoms with Gasteiger partial charge in [0.2, 0.25) is 0 Å². The van der Waals surface area contributed by atoms with Crippen molar-refractivity contribution in [3.63, 3.8) is 0 Å². The second-order valence-corrected chi connectivity index (χ2v) is 9.33. The Morgan fingerprint density at radius 2 is 1.93 bits per heavy atom. The van der Waals surface area contributed by atoms with Gasteiger partial charge in [-0.1, -0.05) is 45.7 Å². The van der Waals surface area contributed by atoms with Crippen molar-refractivity contribution in [2.24, 2.45) is 0 Å². The molecule has 0 unspecified atom stereocenters. The fourth-order valence-corrected chi connectivity index (χ4v) is 4.80. The molecule has 4 rings (SSSR count). The smallest absolute Gasteiger partial charge is 0.258 e. The van der Waals surface area contributed by atoms with E-state index in [2.05, 4.69) is 26.6 Å². The van der Waals surface area contributed by atoms with Crippen molar-refractivity contribution in [3.8, 4) is 10.6 Å². The number of carbonyl (C=O) groups excluding carboxylic acids is 1. The number of benzene rings is 3. The molecule has 0 spiro atoms. The highest BCUT2D eigenvalue weighted by molar-refractivity contribution is 9.10. The van der Waals surface area contributed by atoms with Crippen molar-refractivity contribution in [2.75, 3.05) is 5.32 Å². The van der Waals surface area contributed by atoms with Crippen LogP contribution in [-0.2, 0) is 0 Å². The van der Waals surface area contributed by atoms with Gasteiger partial charge in [0, 0.05) is 10.0 Å². The number of hydrogen-bond donors (Lipinski definition) is 2. The molecule has 150 valence electrons. The third-order valence-corrected chi connectivity index (χ3v) is 6.43. The fraction of sp³-hybridized carbons (Fsp3) is 0.0455. The van der Waals surface area contributed by atoms with Crippen LogP contribution in [0.15, 0.2) is 65.1 Å². The Kier molecular flexibility index (Phi) is 6.15. The number of para-hydroxylation sites is 1. The van der Waals surface area contributed by atoms with Gasteiger partial charge in [-0.2, -0.15) is 0 Å². The normalized spacial score (nSPS) is 10.8. The van der Waals surface area contributed by atoms with Crippen LogP contribution in [0.5, 0.6) is 0 Å². The molecule has 0 bridgehead atoms. The number of nitrogens with zero attached hydrogens (tertiary/aromatic N) is 1. The highest BCUT2D eigenvalue weighted by atomic mass is 79.9. The average molecular weight is 517 g/mol. The van der Waals surface area contributed by atoms with Crippen LogP contribution in [0.1, 0.15) is 15.9 Å². The molecule has 0 atom stereocenters. The Labute approximate surface area is 196 Å². The van der Waals surface area contributed by atoms with Crippen molar-refractivity contribution in [1.29, 1.82) is 0 Å². The molecule has 4 nitrogen and oxygen atoms in total. The summed E-state index contributed by atoms with van der Waals surface area (Å²) in [5.74, 6) is -0.365. The molecule has 3 aromatic carbocycles. The summed E-state index contributed by atoms with van der Waals surface area (Å²) in [6, 6.07) is 19.0. The van der Waals surface area contributed by atoms with E-state index in [1.54, 1.807) is 23.5 Å². The molecule has 0 aliphatic carbocycles. The summed E-state index contributed by atoms with van der Waals surface area (Å²) < 4.78 is 2.02. The first-order valence-corrected chi connectivity index (χ1v) is 11.3. The lowest BCUT2D eigenvalue weighted by atomic mass is 10.1. The molecule has 1 amide bonds. The fourth-order valence-electron chi connectivity index (χ4n) is 2.92. The standard InChI is InChI=1S/C22H15BrClN3OS2/c1-12-6-8-14(16(24)10-12)20(28)27-22(29)26-17-9-7-13(23)11-15(17)21-25-18-4-2-3-5-19(18)30-21/h2-11H,1H3,(H2,26,27,28,29). The maximum atomic E-state index is 12.6. The molecule has 0 radical (unpaired) electrons. The summed E-state index contributed by atoms with van der Waals surface area (Å²) in [5, 5.41) is 7.23. The summed E-state index contributed by atoms with van der Waals surface area (Å²) in [5.41, 5.74) is 3.92. The molecule has 0 fully saturated rings. The van der Waals surface area contributed by atoms with Gasteiger partial charge in [-0.15, -0.1) is 11.3 Å². The lowest BCUT2D eigenvalue weighted by Gasteiger charge is -2.13. The number of thiazole rings is 1. The first-order valence-electron chi connectivity index (χ1n) is 8.95. The van der Waals surface area contributed by atoms with E-state index in [9.17, 15) is 4.79 Å². The quantitative estimate of drug-likeness (QED) is 0.294. The number of anilines is 1. The van der Waals surface area contributed by atoms with Crippen molar-refractivity contribution in [1.82, 2.24) is 10.3 Å². The Morgan fingerprint density at radius 1 is 1.13 bits per heavy atom. The maximum Gasteiger partial charge on any atom is 0.258 e. The van der Waals surface area contributed by atoms with Crippen molar-refractivity contribution in [3.05, 3.63) is 81.3 Å². The molecule has 4 aromatic rings. The van der Waals surface area contributed by atoms with E-state index in [1.165, 1.54) is 0 Å². The first-order chi connectivity index (χ1) is 14.4. The van der Waals surface area contributed by atoms with E-state index in [1.807, 2.05) is 55.5 Å². The van der Waals surface area contributed by atoms with Crippen LogP contribution >= 0.6 is 51.1 Å². The molecule has 0 aliphatic heterocycles. The lowest BCUT2D eigenvalue weighted by Crippen LogP contribution is -2.34. The van der Waals surface area contributed by atoms with E-state index in [0.717, 1.165) is 36.5 Å². The monoisotopic (exact) mass is 515 g/mol. The molecule has 1 aromatic heterocycles. The van der Waals surface area contributed by atoms with Crippen LogP contribution in [0.2, 0.25) is 5.02 Å². The molecule has 0 saturated carbocycles. The Hall–Kier alpha value is -2.32. The number of aryl methyl sites for hydroxylation is 1. The largest absolute Gasteiger partial charge is 0.332 e. The predicted molar refractivity (Wildman–Crippen MR) is 133 cm³/mol. The third kappa shape index (κ3) is 4.54. The topological polar surface area (TPSA) is 54.0 Å². The van der Waals surface area contributed by atoms with Gasteiger partial charge < -0.3 is 5.32 Å². The summed E-state index contributed by atoms with van der Waals surface area (Å²) >= 11 is 16.7. The Morgan fingerprint density at radius 3 is 2.70 bits per heavy atom. The number of thiocarbonyl (C=S) groups is 1. The Balaban J connectivity index is 1.58. The van der Waals surface area contributed by atoms with E-state index in [-0.39, 0.29) is 11.0 Å². The van der Waals surface area contributed by atoms with E-state index in [4.69, 9.17) is 28.8 Å². The van der Waals surface area contributed by atoms with E-state index >= 15 is 0 Å². The zero-order chi connectivity index (χ0) is 21.3. The van der Waals surface area contributed by atoms with Crippen LogP contribution in [0.4, 0.5) is 5.69 Å². The van der Waals surface area contributed by atoms with Gasteiger partial charge in [-0.25, -0.2) is 4.98 Å². The Bertz CT molecular complexity index is 1260. The van der Waals surface area contributed by atoms with Crippen molar-refractivity contribution < 1.29 is 4.79 Å². The van der Waals surface area contributed by atoms with Crippen molar-refractivity contribution >= 4 is 78.0 Å². The molecule has 8 heteroatoms. The summed E-state index contributed by atoms with van der Waals surface area (Å²) in [6.07, 6.45) is 0. The van der Waals surface area contributed by atoms with Crippen LogP contribution in [0, 0.1) is 6.92 Å². The molecular formula is C22H15BrClN3OS2. The van der Waals surface area contributed by atoms with Crippen molar-refractivity contribution in [2.45, 2.75) is 6.92 Å². The summed E-state index contributed by atoms with van der Waals surface area (Å²) in [4.78, 5) is 17.3. The SMILES string of the molecule is Cc1ccc(C(=O)NC(=S)Nc2ccc(Br)cc2-c2nc3ccccc3s2)c(Cl)c1. The van der Waals surface area contributed by atoms with Gasteiger partial charge >= 0.3 is 0 Å². The first kappa shape index (κ1) is 20.9. The number of amides is 1. The molecule has 1 heterocycles. The van der Waals surface area contributed by atoms with Crippen LogP contribution in [0.25, 0.3) is 20.8 Å². The van der Waals surface area contributed by atoms with Gasteiger partial charge in [0.1, 0.15) is 5.01 Å². The third-order valence-electron chi connectivity index (χ3n) is 4.35. The zero-order valence-corrected chi connectivity index (χ0v) is 19.7. The van der Waals surface area contributed by atoms with E-state index in [0.29, 0.717) is 10.6 Å². The van der Waals surface area contributed by atoms with Gasteiger partial charge in [0.25, 0.3) is 5.91 Å². The summed E-state index contributed by atoms with van der Waals surface area (Å²) in [7, 11) is 0. The number of hydrogen-bond acceptors (Lipinski definition) is 4. The molecule has 30 heavy (non-hydrogen) atoms. The second kappa shape index (κ2) is 8.81. The van der Waals surface area contributed by atoms with Gasteiger partial charge in [-0.05, 0) is 67.2 Å². The molecule has 2 N–H and O–H groups in total. The van der Waals surface area contributed by atoms with Crippen LogP contribution in [0.3, 0.4) is 0 Å². The lowest BCUT2D eigenvalue weighted by molar-refractivity contribution is 0.0978. The number of fused-ring (bicyclic) bond motifs is 1. The minimum Gasteiger partial charge on any atom is -0.332 e. The van der Waals surface area contributed by atoms with Gasteiger partial charge in [-0.3, -0.25) is 10.1 Å². The highest BCUT2D eigenvalue weighted by Gasteiger charge is 2.15. The highest BCUT2D eigenvalue weighted by Crippen LogP contribution is 2.36. The average Bonchev–Trinajstić information content (AvgIpc) is 3.13. The number of halogens is 2. The van der Waals surface area contributed by atoms with Crippen LogP contribution < -0.4 is 10.6 Å². The second-order valence-electron chi connectivity index (χ2n) is 6.57. The van der Waals surface area contributed by atoms with E-state index < -0.39 is 0 Å². The minimum atomic E-state index is -0.365. The van der Waals surface area contributed by atoms with Gasteiger partial charge in [0.05, 0.1) is 26.5 Å². The van der Waals surface area contributed by atoms with Gasteiger partial charge in [0.15, 0.2) is 5.11 Å². The van der Waals surface area contributed by atoms with Crippen LogP contribution in [-0.4, -0.2) is 16.0 Å².